The molecule has 1 heterocycles. The largest absolute Gasteiger partial charge is 0.326 e. The average molecular weight is 466 g/mol. The molecule has 2 atom stereocenters. The quantitative estimate of drug-likeness (QED) is 0.551. The van der Waals surface area contributed by atoms with Gasteiger partial charge in [-0.25, -0.2) is 8.78 Å². The molecule has 0 spiro atoms. The minimum Gasteiger partial charge on any atom is -0.326 e. The molecule has 0 saturated heterocycles. The van der Waals surface area contributed by atoms with E-state index in [1.165, 1.54) is 10.9 Å². The number of alkyl halides is 2. The normalized spacial score (nSPS) is 18.7. The van der Waals surface area contributed by atoms with Crippen molar-refractivity contribution in [2.24, 2.45) is 13.0 Å². The monoisotopic (exact) mass is 465 g/mol. The molecule has 162 valence electrons. The number of halogens is 4. The van der Waals surface area contributed by atoms with Crippen molar-refractivity contribution in [3.63, 3.8) is 0 Å². The van der Waals surface area contributed by atoms with Gasteiger partial charge in [-0.3, -0.25) is 4.79 Å². The lowest BCUT2D eigenvalue weighted by atomic mass is 9.83. The molecule has 0 unspecified atom stereocenters. The van der Waals surface area contributed by atoms with E-state index in [9.17, 15) is 13.6 Å². The molecule has 0 radical (unpaired) electrons. The van der Waals surface area contributed by atoms with E-state index in [1.54, 1.807) is 43.4 Å². The second-order valence-electron chi connectivity index (χ2n) is 7.68. The van der Waals surface area contributed by atoms with Crippen LogP contribution in [0.15, 0.2) is 42.5 Å². The summed E-state index contributed by atoms with van der Waals surface area (Å²) in [6.07, 6.45) is -0.296. The minimum atomic E-state index is -2.77. The lowest BCUT2D eigenvalue weighted by molar-refractivity contribution is -0.118. The van der Waals surface area contributed by atoms with Crippen LogP contribution >= 0.6 is 23.2 Å². The Morgan fingerprint density at radius 1 is 1.19 bits per heavy atom. The van der Waals surface area contributed by atoms with E-state index in [1.807, 2.05) is 0 Å². The zero-order valence-corrected chi connectivity index (χ0v) is 18.0. The van der Waals surface area contributed by atoms with Crippen molar-refractivity contribution >= 4 is 34.8 Å². The van der Waals surface area contributed by atoms with Gasteiger partial charge < -0.3 is 5.32 Å². The lowest BCUT2D eigenvalue weighted by Crippen LogP contribution is -2.27. The number of hydrogen-bond acceptors (Lipinski definition) is 4. The highest BCUT2D eigenvalue weighted by molar-refractivity contribution is 6.42. The molecule has 1 amide bonds. The van der Waals surface area contributed by atoms with Crippen molar-refractivity contribution in [2.75, 3.05) is 5.32 Å². The van der Waals surface area contributed by atoms with Crippen LogP contribution in [0.5, 0.6) is 0 Å². The number of anilines is 1. The molecule has 2 aromatic carbocycles. The zero-order valence-electron chi connectivity index (χ0n) is 16.5. The summed E-state index contributed by atoms with van der Waals surface area (Å²) >= 11 is 12.0. The Labute approximate surface area is 187 Å². The summed E-state index contributed by atoms with van der Waals surface area (Å²) in [5, 5.41) is 15.4. The Balaban J connectivity index is 1.62. The molecule has 6 nitrogen and oxygen atoms in total. The molecule has 4 rings (SSSR count). The number of nitrogens with one attached hydrogen (secondary N) is 1. The summed E-state index contributed by atoms with van der Waals surface area (Å²) in [6, 6.07) is 11.8. The maximum atomic E-state index is 14.0. The SMILES string of the molecule is Cn1nnc(-c2ccc([C@@H](C(=O)Nc3ccc(Cl)c(Cl)c3)[C@H]3CCC(F)(F)C3)cc2)n1. The van der Waals surface area contributed by atoms with E-state index in [0.29, 0.717) is 27.1 Å². The van der Waals surface area contributed by atoms with Crippen molar-refractivity contribution in [2.45, 2.75) is 31.1 Å². The van der Waals surface area contributed by atoms with E-state index >= 15 is 0 Å². The van der Waals surface area contributed by atoms with Gasteiger partial charge in [-0.1, -0.05) is 47.5 Å². The number of amides is 1. The van der Waals surface area contributed by atoms with Gasteiger partial charge in [0.2, 0.25) is 17.7 Å². The molecule has 1 fully saturated rings. The molecular weight excluding hydrogens is 447 g/mol. The summed E-state index contributed by atoms with van der Waals surface area (Å²) in [4.78, 5) is 14.5. The van der Waals surface area contributed by atoms with Crippen molar-refractivity contribution < 1.29 is 13.6 Å². The molecule has 3 aromatic rings. The average Bonchev–Trinajstić information content (AvgIpc) is 3.31. The molecule has 10 heteroatoms. The number of carbonyl (C=O) groups excluding carboxylic acids is 1. The van der Waals surface area contributed by atoms with Crippen LogP contribution in [-0.2, 0) is 11.8 Å². The van der Waals surface area contributed by atoms with Crippen molar-refractivity contribution in [3.8, 4) is 11.4 Å². The van der Waals surface area contributed by atoms with E-state index < -0.39 is 17.8 Å². The molecule has 1 aliphatic carbocycles. The predicted octanol–water partition coefficient (Wildman–Crippen LogP) is 5.34. The van der Waals surface area contributed by atoms with E-state index in [0.717, 1.165) is 5.56 Å². The second-order valence-corrected chi connectivity index (χ2v) is 8.49. The molecule has 1 aromatic heterocycles. The smallest absolute Gasteiger partial charge is 0.248 e. The van der Waals surface area contributed by atoms with E-state index in [2.05, 4.69) is 20.7 Å². The summed E-state index contributed by atoms with van der Waals surface area (Å²) in [7, 11) is 1.66. The van der Waals surface area contributed by atoms with Gasteiger partial charge in [-0.2, -0.15) is 4.80 Å². The Morgan fingerprint density at radius 2 is 1.94 bits per heavy atom. The number of carbonyl (C=O) groups is 1. The maximum absolute atomic E-state index is 14.0. The number of benzene rings is 2. The summed E-state index contributed by atoms with van der Waals surface area (Å²) in [5.74, 6) is -3.93. The Morgan fingerprint density at radius 3 is 2.52 bits per heavy atom. The molecule has 1 saturated carbocycles. The first-order valence-electron chi connectivity index (χ1n) is 9.70. The standard InChI is InChI=1S/C21H19Cl2F2N5O/c1-30-28-19(27-29-30)13-4-2-12(3-5-13)18(14-8-9-21(24,25)11-14)20(31)26-15-6-7-16(22)17(23)10-15/h2-7,10,14,18H,8-9,11H2,1H3,(H,26,31)/t14-,18+/m0/s1. The van der Waals surface area contributed by atoms with Gasteiger partial charge in [0.25, 0.3) is 0 Å². The Bertz CT molecular complexity index is 1100. The highest BCUT2D eigenvalue weighted by Crippen LogP contribution is 2.46. The first-order valence-corrected chi connectivity index (χ1v) is 10.5. The second kappa shape index (κ2) is 8.51. The zero-order chi connectivity index (χ0) is 22.2. The van der Waals surface area contributed by atoms with Crippen molar-refractivity contribution in [1.29, 1.82) is 0 Å². The summed E-state index contributed by atoms with van der Waals surface area (Å²) < 4.78 is 27.9. The fourth-order valence-electron chi connectivity index (χ4n) is 3.94. The van der Waals surface area contributed by atoms with Crippen LogP contribution in [0.25, 0.3) is 11.4 Å². The molecule has 1 N–H and O–H groups in total. The van der Waals surface area contributed by atoms with Crippen LogP contribution < -0.4 is 5.32 Å². The number of hydrogen-bond donors (Lipinski definition) is 1. The number of aryl methyl sites for hydroxylation is 1. The van der Waals surface area contributed by atoms with Gasteiger partial charge in [0.05, 0.1) is 23.0 Å². The van der Waals surface area contributed by atoms with Crippen LogP contribution in [0.2, 0.25) is 10.0 Å². The summed E-state index contributed by atoms with van der Waals surface area (Å²) in [6.45, 7) is 0. The van der Waals surface area contributed by atoms with Gasteiger partial charge in [0.15, 0.2) is 0 Å². The van der Waals surface area contributed by atoms with Crippen LogP contribution in [0.3, 0.4) is 0 Å². The molecule has 0 aliphatic heterocycles. The van der Waals surface area contributed by atoms with Gasteiger partial charge in [-0.15, -0.1) is 10.2 Å². The molecule has 1 aliphatic rings. The van der Waals surface area contributed by atoms with Crippen LogP contribution in [-0.4, -0.2) is 32.0 Å². The fraction of sp³-hybridized carbons (Fsp3) is 0.333. The highest BCUT2D eigenvalue weighted by atomic mass is 35.5. The first-order chi connectivity index (χ1) is 14.7. The highest BCUT2D eigenvalue weighted by Gasteiger charge is 2.45. The van der Waals surface area contributed by atoms with Gasteiger partial charge >= 0.3 is 0 Å². The van der Waals surface area contributed by atoms with Crippen molar-refractivity contribution in [3.05, 3.63) is 58.1 Å². The van der Waals surface area contributed by atoms with Gasteiger partial charge in [0.1, 0.15) is 0 Å². The third-order valence-corrected chi connectivity index (χ3v) is 6.16. The number of rotatable bonds is 5. The Kier molecular flexibility index (Phi) is 5.94. The molecule has 0 bridgehead atoms. The number of aromatic nitrogens is 4. The lowest BCUT2D eigenvalue weighted by Gasteiger charge is -2.24. The topological polar surface area (TPSA) is 72.7 Å². The first kappa shape index (κ1) is 21.6. The third kappa shape index (κ3) is 4.85. The van der Waals surface area contributed by atoms with Crippen LogP contribution in [0.4, 0.5) is 14.5 Å². The van der Waals surface area contributed by atoms with E-state index in [4.69, 9.17) is 23.2 Å². The van der Waals surface area contributed by atoms with Gasteiger partial charge in [0, 0.05) is 24.1 Å². The number of tetrazole rings is 1. The minimum absolute atomic E-state index is 0.226. The van der Waals surface area contributed by atoms with Crippen LogP contribution in [0.1, 0.15) is 30.7 Å². The predicted molar refractivity (Wildman–Crippen MR) is 114 cm³/mol. The van der Waals surface area contributed by atoms with Crippen molar-refractivity contribution in [1.82, 2.24) is 20.2 Å². The third-order valence-electron chi connectivity index (χ3n) is 5.42. The molecule has 31 heavy (non-hydrogen) atoms. The van der Waals surface area contributed by atoms with Crippen LogP contribution in [0, 0.1) is 5.92 Å². The number of nitrogens with zero attached hydrogens (tertiary/aromatic N) is 4. The van der Waals surface area contributed by atoms with Gasteiger partial charge in [-0.05, 0) is 41.3 Å². The fourth-order valence-corrected chi connectivity index (χ4v) is 4.24. The summed E-state index contributed by atoms with van der Waals surface area (Å²) in [5.41, 5.74) is 1.82. The maximum Gasteiger partial charge on any atom is 0.248 e. The Hall–Kier alpha value is -2.58. The molecular formula is C21H19Cl2F2N5O. The van der Waals surface area contributed by atoms with E-state index in [-0.39, 0.29) is 25.2 Å².